The van der Waals surface area contributed by atoms with Crippen LogP contribution in [0.1, 0.15) is 16.7 Å². The number of aryl methyl sites for hydroxylation is 2. The van der Waals surface area contributed by atoms with Gasteiger partial charge in [-0.2, -0.15) is 0 Å². The van der Waals surface area contributed by atoms with Gasteiger partial charge in [0.25, 0.3) is 5.91 Å². The van der Waals surface area contributed by atoms with Gasteiger partial charge in [-0.15, -0.1) is 0 Å². The summed E-state index contributed by atoms with van der Waals surface area (Å²) in [5.74, 6) is -0.584. The molecule has 3 rings (SSSR count). The molecule has 1 N–H and O–H groups in total. The smallest absolute Gasteiger partial charge is 0.281 e. The first-order valence-corrected chi connectivity index (χ1v) is 8.46. The minimum Gasteiger partial charge on any atom is -0.327 e. The fourth-order valence-corrected chi connectivity index (χ4v) is 3.10. The molecule has 0 radical (unpaired) electrons. The Kier molecular flexibility index (Phi) is 4.51. The van der Waals surface area contributed by atoms with Gasteiger partial charge in [0.05, 0.1) is 10.2 Å². The van der Waals surface area contributed by atoms with Crippen molar-refractivity contribution in [2.45, 2.75) is 13.8 Å². The third-order valence-electron chi connectivity index (χ3n) is 3.88. The van der Waals surface area contributed by atoms with E-state index in [1.54, 1.807) is 18.2 Å². The van der Waals surface area contributed by atoms with Gasteiger partial charge in [-0.3, -0.25) is 9.69 Å². The number of amides is 1. The lowest BCUT2D eigenvalue weighted by Crippen LogP contribution is -2.30. The summed E-state index contributed by atoms with van der Waals surface area (Å²) in [6, 6.07) is 10.3. The van der Waals surface area contributed by atoms with Crippen molar-refractivity contribution in [1.82, 2.24) is 5.32 Å². The van der Waals surface area contributed by atoms with Crippen LogP contribution < -0.4 is 10.2 Å². The van der Waals surface area contributed by atoms with Crippen LogP contribution in [0.2, 0.25) is 0 Å². The lowest BCUT2D eigenvalue weighted by molar-refractivity contribution is -0.113. The number of hydrogen-bond acceptors (Lipinski definition) is 2. The topological polar surface area (TPSA) is 32.3 Å². The van der Waals surface area contributed by atoms with Crippen molar-refractivity contribution < 1.29 is 9.18 Å². The summed E-state index contributed by atoms with van der Waals surface area (Å²) in [4.78, 5) is 14.2. The van der Waals surface area contributed by atoms with Gasteiger partial charge in [-0.25, -0.2) is 4.39 Å². The van der Waals surface area contributed by atoms with E-state index in [4.69, 9.17) is 12.2 Å². The molecule has 2 aromatic rings. The molecule has 122 valence electrons. The largest absolute Gasteiger partial charge is 0.327 e. The first-order valence-electron chi connectivity index (χ1n) is 7.26. The van der Waals surface area contributed by atoms with Gasteiger partial charge in [0.15, 0.2) is 5.11 Å². The number of nitrogens with zero attached hydrogens (tertiary/aromatic N) is 1. The molecule has 6 heteroatoms. The van der Waals surface area contributed by atoms with Crippen molar-refractivity contribution >= 4 is 50.9 Å². The van der Waals surface area contributed by atoms with Gasteiger partial charge < -0.3 is 5.32 Å². The van der Waals surface area contributed by atoms with Crippen molar-refractivity contribution in [2.24, 2.45) is 0 Å². The number of rotatable bonds is 2. The number of benzene rings is 2. The van der Waals surface area contributed by atoms with E-state index in [9.17, 15) is 9.18 Å². The number of anilines is 1. The Hall–Kier alpha value is -2.05. The van der Waals surface area contributed by atoms with Crippen molar-refractivity contribution in [3.8, 4) is 0 Å². The Balaban J connectivity index is 1.94. The fourth-order valence-electron chi connectivity index (χ4n) is 2.40. The monoisotopic (exact) mass is 404 g/mol. The molecular weight excluding hydrogens is 391 g/mol. The van der Waals surface area contributed by atoms with Crippen LogP contribution in [0.5, 0.6) is 0 Å². The molecule has 0 spiro atoms. The second-order valence-corrected chi connectivity index (χ2v) is 6.81. The maximum absolute atomic E-state index is 13.3. The molecule has 2 aromatic carbocycles. The molecule has 1 aliphatic rings. The number of thiocarbonyl (C=S) groups is 1. The van der Waals surface area contributed by atoms with Gasteiger partial charge in [0, 0.05) is 0 Å². The summed E-state index contributed by atoms with van der Waals surface area (Å²) in [7, 11) is 0. The molecular formula is C18H14BrFN2OS. The summed E-state index contributed by atoms with van der Waals surface area (Å²) in [6.07, 6.45) is 1.65. The average Bonchev–Trinajstić information content (AvgIpc) is 2.80. The highest BCUT2D eigenvalue weighted by molar-refractivity contribution is 9.10. The Morgan fingerprint density at radius 1 is 1.17 bits per heavy atom. The molecule has 24 heavy (non-hydrogen) atoms. The highest BCUT2D eigenvalue weighted by Crippen LogP contribution is 2.25. The van der Waals surface area contributed by atoms with Gasteiger partial charge in [0.2, 0.25) is 0 Å². The third-order valence-corrected chi connectivity index (χ3v) is 4.77. The summed E-state index contributed by atoms with van der Waals surface area (Å²) in [5, 5.41) is 3.26. The van der Waals surface area contributed by atoms with E-state index in [0.29, 0.717) is 20.8 Å². The average molecular weight is 405 g/mol. The quantitative estimate of drug-likeness (QED) is 0.591. The van der Waals surface area contributed by atoms with Crippen LogP contribution in [0.25, 0.3) is 6.08 Å². The Bertz CT molecular complexity index is 895. The van der Waals surface area contributed by atoms with Crippen LogP contribution in [0.4, 0.5) is 10.1 Å². The highest BCUT2D eigenvalue weighted by Gasteiger charge is 2.32. The molecule has 0 aromatic heterocycles. The van der Waals surface area contributed by atoms with Gasteiger partial charge in [-0.1, -0.05) is 12.1 Å². The zero-order valence-electron chi connectivity index (χ0n) is 13.1. The van der Waals surface area contributed by atoms with Gasteiger partial charge in [-0.05, 0) is 89.0 Å². The molecule has 0 saturated carbocycles. The molecule has 0 unspecified atom stereocenters. The molecule has 1 amide bonds. The lowest BCUT2D eigenvalue weighted by atomic mass is 10.1. The summed E-state index contributed by atoms with van der Waals surface area (Å²) in [5.41, 5.74) is 4.02. The van der Waals surface area contributed by atoms with E-state index in [1.165, 1.54) is 11.0 Å². The van der Waals surface area contributed by atoms with Crippen LogP contribution in [0, 0.1) is 19.7 Å². The number of carbonyl (C=O) groups excluding carboxylic acids is 1. The Labute approximate surface area is 153 Å². The van der Waals surface area contributed by atoms with Crippen LogP contribution in [-0.2, 0) is 4.79 Å². The Morgan fingerprint density at radius 3 is 2.58 bits per heavy atom. The normalized spacial score (nSPS) is 16.0. The fraction of sp³-hybridized carbons (Fsp3) is 0.111. The van der Waals surface area contributed by atoms with Gasteiger partial charge in [0.1, 0.15) is 11.5 Å². The van der Waals surface area contributed by atoms with E-state index in [-0.39, 0.29) is 11.7 Å². The minimum atomic E-state index is -0.352. The SMILES string of the molecule is Cc1ccc(N2C(=O)/C(=C\c3ccc(F)c(Br)c3)NC2=S)cc1C. The van der Waals surface area contributed by atoms with E-state index < -0.39 is 0 Å². The van der Waals surface area contributed by atoms with Crippen LogP contribution in [-0.4, -0.2) is 11.0 Å². The highest BCUT2D eigenvalue weighted by atomic mass is 79.9. The van der Waals surface area contributed by atoms with Crippen molar-refractivity contribution in [2.75, 3.05) is 4.90 Å². The standard InChI is InChI=1S/C18H14BrFN2OS/c1-10-3-5-13(7-11(10)2)22-17(23)16(21-18(22)24)9-12-4-6-15(20)14(19)8-12/h3-9H,1-2H3,(H,21,24)/b16-9+. The summed E-state index contributed by atoms with van der Waals surface area (Å²) < 4.78 is 13.7. The summed E-state index contributed by atoms with van der Waals surface area (Å²) >= 11 is 8.44. The number of halogens is 2. The van der Waals surface area contributed by atoms with Crippen molar-refractivity contribution in [1.29, 1.82) is 0 Å². The number of carbonyl (C=O) groups is 1. The van der Waals surface area contributed by atoms with E-state index in [0.717, 1.165) is 16.8 Å². The zero-order chi connectivity index (χ0) is 17.4. The first kappa shape index (κ1) is 16.8. The third kappa shape index (κ3) is 3.12. The predicted molar refractivity (Wildman–Crippen MR) is 101 cm³/mol. The van der Waals surface area contributed by atoms with Crippen molar-refractivity contribution in [3.05, 3.63) is 69.1 Å². The molecule has 1 saturated heterocycles. The van der Waals surface area contributed by atoms with E-state index >= 15 is 0 Å². The second kappa shape index (κ2) is 6.45. The number of hydrogen-bond donors (Lipinski definition) is 1. The van der Waals surface area contributed by atoms with E-state index in [1.807, 2.05) is 32.0 Å². The Morgan fingerprint density at radius 2 is 1.92 bits per heavy atom. The molecule has 1 fully saturated rings. The molecule has 0 bridgehead atoms. The second-order valence-electron chi connectivity index (χ2n) is 5.57. The lowest BCUT2D eigenvalue weighted by Gasteiger charge is -2.15. The zero-order valence-corrected chi connectivity index (χ0v) is 15.5. The summed E-state index contributed by atoms with van der Waals surface area (Å²) in [6.45, 7) is 4.00. The van der Waals surface area contributed by atoms with E-state index in [2.05, 4.69) is 21.2 Å². The van der Waals surface area contributed by atoms with Gasteiger partial charge >= 0.3 is 0 Å². The molecule has 0 aliphatic carbocycles. The number of nitrogens with one attached hydrogen (secondary N) is 1. The predicted octanol–water partition coefficient (Wildman–Crippen LogP) is 4.47. The van der Waals surface area contributed by atoms with Crippen LogP contribution >= 0.6 is 28.1 Å². The molecule has 3 nitrogen and oxygen atoms in total. The van der Waals surface area contributed by atoms with Crippen molar-refractivity contribution in [3.63, 3.8) is 0 Å². The maximum atomic E-state index is 13.3. The molecule has 0 atom stereocenters. The first-order chi connectivity index (χ1) is 11.4. The van der Waals surface area contributed by atoms with Crippen LogP contribution in [0.15, 0.2) is 46.6 Å². The molecule has 1 heterocycles. The van der Waals surface area contributed by atoms with Crippen LogP contribution in [0.3, 0.4) is 0 Å². The molecule has 1 aliphatic heterocycles. The maximum Gasteiger partial charge on any atom is 0.281 e. The minimum absolute atomic E-state index is 0.233.